The topological polar surface area (TPSA) is 42.3 Å². The molecule has 29 heavy (non-hydrogen) atoms. The van der Waals surface area contributed by atoms with Crippen LogP contribution in [0.5, 0.6) is 0 Å². The van der Waals surface area contributed by atoms with Crippen molar-refractivity contribution in [2.75, 3.05) is 13.1 Å². The summed E-state index contributed by atoms with van der Waals surface area (Å²) in [6.45, 7) is 10.5. The van der Waals surface area contributed by atoms with Gasteiger partial charge in [-0.15, -0.1) is 0 Å². The highest BCUT2D eigenvalue weighted by Gasteiger charge is 2.21. The van der Waals surface area contributed by atoms with Crippen LogP contribution < -0.4 is 0 Å². The molecular formula is C23H30N2O2S2. The van der Waals surface area contributed by atoms with Crippen molar-refractivity contribution < 1.29 is 8.42 Å². The number of benzene rings is 2. The van der Waals surface area contributed by atoms with Crippen molar-refractivity contribution in [3.05, 3.63) is 60.3 Å². The van der Waals surface area contributed by atoms with Gasteiger partial charge in [-0.25, -0.2) is 16.7 Å². The summed E-state index contributed by atoms with van der Waals surface area (Å²) in [6.07, 6.45) is 4.20. The van der Waals surface area contributed by atoms with E-state index in [0.29, 0.717) is 4.90 Å². The SMILES string of the molecule is CC.Cc1cn(S(=O)(=O)c2ccccc2)c2ccc(SN3CCC(C)CC3)cc12. The van der Waals surface area contributed by atoms with E-state index < -0.39 is 10.0 Å². The van der Waals surface area contributed by atoms with Crippen LogP contribution in [0.25, 0.3) is 10.9 Å². The Kier molecular flexibility index (Phi) is 7.09. The molecule has 2 heterocycles. The second-order valence-electron chi connectivity index (χ2n) is 7.31. The molecule has 3 aromatic rings. The highest BCUT2D eigenvalue weighted by molar-refractivity contribution is 7.97. The van der Waals surface area contributed by atoms with Gasteiger partial charge in [0, 0.05) is 29.6 Å². The van der Waals surface area contributed by atoms with Crippen molar-refractivity contribution in [3.8, 4) is 0 Å². The van der Waals surface area contributed by atoms with Crippen LogP contribution in [-0.4, -0.2) is 29.8 Å². The molecule has 0 atom stereocenters. The number of piperidine rings is 1. The number of fused-ring (bicyclic) bond motifs is 1. The highest BCUT2D eigenvalue weighted by Crippen LogP contribution is 2.33. The first kappa shape index (κ1) is 21.9. The number of rotatable bonds is 4. The summed E-state index contributed by atoms with van der Waals surface area (Å²) in [7, 11) is -3.59. The number of hydrogen-bond acceptors (Lipinski definition) is 4. The van der Waals surface area contributed by atoms with Crippen LogP contribution in [0.15, 0.2) is 64.5 Å². The molecule has 1 saturated heterocycles. The standard InChI is InChI=1S/C21H24N2O2S2.C2H6/c1-16-10-12-22(13-11-16)26-18-8-9-21-20(14-18)17(2)15-23(21)27(24,25)19-6-4-3-5-7-19;1-2/h3-9,14-16H,10-13H2,1-2H3;1-2H3. The maximum atomic E-state index is 13.0. The second-order valence-corrected chi connectivity index (χ2v) is 10.3. The molecule has 4 rings (SSSR count). The minimum absolute atomic E-state index is 0.308. The van der Waals surface area contributed by atoms with Crippen LogP contribution in [0.1, 0.15) is 39.2 Å². The lowest BCUT2D eigenvalue weighted by Crippen LogP contribution is -2.27. The number of aryl methyl sites for hydroxylation is 1. The first-order chi connectivity index (χ1) is 13.9. The van der Waals surface area contributed by atoms with Gasteiger partial charge in [0.2, 0.25) is 0 Å². The molecule has 1 aliphatic heterocycles. The summed E-state index contributed by atoms with van der Waals surface area (Å²) in [5.74, 6) is 0.809. The van der Waals surface area contributed by atoms with Crippen molar-refractivity contribution in [1.82, 2.24) is 8.28 Å². The van der Waals surface area contributed by atoms with Gasteiger partial charge in [0.05, 0.1) is 10.4 Å². The van der Waals surface area contributed by atoms with E-state index in [-0.39, 0.29) is 0 Å². The van der Waals surface area contributed by atoms with E-state index in [1.807, 2.05) is 39.0 Å². The van der Waals surface area contributed by atoms with Gasteiger partial charge in [0.15, 0.2) is 0 Å². The third-order valence-corrected chi connectivity index (χ3v) is 7.99. The lowest BCUT2D eigenvalue weighted by Gasteiger charge is -2.28. The van der Waals surface area contributed by atoms with Gasteiger partial charge >= 0.3 is 0 Å². The molecule has 0 saturated carbocycles. The Hall–Kier alpha value is -1.76. The number of aromatic nitrogens is 1. The first-order valence-corrected chi connectivity index (χ1v) is 12.5. The second kappa shape index (κ2) is 9.37. The average Bonchev–Trinajstić information content (AvgIpc) is 3.09. The van der Waals surface area contributed by atoms with Gasteiger partial charge in [0.1, 0.15) is 0 Å². The van der Waals surface area contributed by atoms with Gasteiger partial charge in [-0.3, -0.25) is 0 Å². The van der Waals surface area contributed by atoms with Crippen LogP contribution in [0.2, 0.25) is 0 Å². The molecule has 0 unspecified atom stereocenters. The fourth-order valence-electron chi connectivity index (χ4n) is 3.53. The molecule has 1 aromatic heterocycles. The van der Waals surface area contributed by atoms with E-state index in [4.69, 9.17) is 0 Å². The summed E-state index contributed by atoms with van der Waals surface area (Å²) in [6, 6.07) is 14.7. The third-order valence-electron chi connectivity index (χ3n) is 5.22. The first-order valence-electron chi connectivity index (χ1n) is 10.3. The highest BCUT2D eigenvalue weighted by atomic mass is 32.2. The van der Waals surface area contributed by atoms with Crippen LogP contribution in [0, 0.1) is 12.8 Å². The Bertz CT molecular complexity index is 1050. The largest absolute Gasteiger partial charge is 0.268 e. The predicted molar refractivity (Wildman–Crippen MR) is 123 cm³/mol. The Morgan fingerprint density at radius 1 is 1.00 bits per heavy atom. The molecule has 156 valence electrons. The molecule has 0 spiro atoms. The quantitative estimate of drug-likeness (QED) is 0.480. The minimum Gasteiger partial charge on any atom is -0.246 e. The molecule has 1 aliphatic rings. The van der Waals surface area contributed by atoms with E-state index in [2.05, 4.69) is 17.3 Å². The Labute approximate surface area is 179 Å². The van der Waals surface area contributed by atoms with Crippen LogP contribution in [0.4, 0.5) is 0 Å². The maximum Gasteiger partial charge on any atom is 0.268 e. The molecule has 2 aromatic carbocycles. The normalized spacial score (nSPS) is 15.9. The fraction of sp³-hybridized carbons (Fsp3) is 0.391. The zero-order valence-corrected chi connectivity index (χ0v) is 19.3. The maximum absolute atomic E-state index is 13.0. The van der Waals surface area contributed by atoms with Crippen LogP contribution in [-0.2, 0) is 10.0 Å². The number of nitrogens with zero attached hydrogens (tertiary/aromatic N) is 2. The lowest BCUT2D eigenvalue weighted by atomic mass is 10.0. The van der Waals surface area contributed by atoms with Crippen molar-refractivity contribution >= 4 is 32.9 Å². The van der Waals surface area contributed by atoms with E-state index in [1.54, 1.807) is 42.4 Å². The molecule has 4 nitrogen and oxygen atoms in total. The molecule has 0 bridgehead atoms. The fourth-order valence-corrected chi connectivity index (χ4v) is 5.96. The summed E-state index contributed by atoms with van der Waals surface area (Å²) in [5.41, 5.74) is 1.70. The summed E-state index contributed by atoms with van der Waals surface area (Å²) >= 11 is 1.78. The smallest absolute Gasteiger partial charge is 0.246 e. The summed E-state index contributed by atoms with van der Waals surface area (Å²) < 4.78 is 29.9. The summed E-state index contributed by atoms with van der Waals surface area (Å²) in [4.78, 5) is 1.47. The van der Waals surface area contributed by atoms with Gasteiger partial charge in [-0.05, 0) is 73.5 Å². The van der Waals surface area contributed by atoms with Gasteiger partial charge in [-0.2, -0.15) is 0 Å². The zero-order valence-electron chi connectivity index (χ0n) is 17.6. The average molecular weight is 431 g/mol. The Balaban J connectivity index is 0.00000117. The third kappa shape index (κ3) is 4.71. The van der Waals surface area contributed by atoms with Crippen molar-refractivity contribution in [2.24, 2.45) is 5.92 Å². The van der Waals surface area contributed by atoms with Gasteiger partial charge < -0.3 is 0 Å². The van der Waals surface area contributed by atoms with E-state index >= 15 is 0 Å². The van der Waals surface area contributed by atoms with E-state index in [9.17, 15) is 8.42 Å². The summed E-state index contributed by atoms with van der Waals surface area (Å²) in [5, 5.41) is 0.991. The van der Waals surface area contributed by atoms with Crippen LogP contribution >= 0.6 is 11.9 Å². The molecule has 0 amide bonds. The van der Waals surface area contributed by atoms with Gasteiger partial charge in [-0.1, -0.05) is 39.0 Å². The van der Waals surface area contributed by atoms with Crippen molar-refractivity contribution in [2.45, 2.75) is 50.3 Å². The monoisotopic (exact) mass is 430 g/mol. The van der Waals surface area contributed by atoms with E-state index in [0.717, 1.165) is 40.4 Å². The van der Waals surface area contributed by atoms with Gasteiger partial charge in [0.25, 0.3) is 10.0 Å². The Morgan fingerprint density at radius 2 is 1.66 bits per heavy atom. The molecular weight excluding hydrogens is 400 g/mol. The lowest BCUT2D eigenvalue weighted by molar-refractivity contribution is 0.308. The van der Waals surface area contributed by atoms with Crippen LogP contribution in [0.3, 0.4) is 0 Å². The molecule has 0 aliphatic carbocycles. The Morgan fingerprint density at radius 3 is 2.31 bits per heavy atom. The molecule has 1 fully saturated rings. The minimum atomic E-state index is -3.59. The van der Waals surface area contributed by atoms with Crippen molar-refractivity contribution in [1.29, 1.82) is 0 Å². The predicted octanol–water partition coefficient (Wildman–Crippen LogP) is 5.95. The zero-order chi connectivity index (χ0) is 21.0. The molecule has 0 N–H and O–H groups in total. The molecule has 0 radical (unpaired) electrons. The molecule has 6 heteroatoms. The van der Waals surface area contributed by atoms with Crippen molar-refractivity contribution in [3.63, 3.8) is 0 Å². The van der Waals surface area contributed by atoms with E-state index in [1.165, 1.54) is 16.8 Å². The number of hydrogen-bond donors (Lipinski definition) is 0.